The van der Waals surface area contributed by atoms with Crippen molar-refractivity contribution >= 4 is 43.9 Å². The van der Waals surface area contributed by atoms with Crippen molar-refractivity contribution in [2.45, 2.75) is 4.90 Å². The summed E-state index contributed by atoms with van der Waals surface area (Å²) < 4.78 is 27.4. The molecule has 0 fully saturated rings. The molecule has 0 amide bonds. The van der Waals surface area contributed by atoms with Crippen LogP contribution >= 0.6 is 11.6 Å². The molecule has 0 saturated carbocycles. The number of halogens is 1. The highest BCUT2D eigenvalue weighted by Gasteiger charge is 2.15. The van der Waals surface area contributed by atoms with Crippen LogP contribution in [0.25, 0.3) is 10.9 Å². The first kappa shape index (κ1) is 14.6. The maximum absolute atomic E-state index is 12.4. The largest absolute Gasteiger partial charge is 0.399 e. The average Bonchev–Trinajstić information content (AvgIpc) is 2.47. The normalized spacial score (nSPS) is 11.5. The Kier molecular flexibility index (Phi) is 3.64. The van der Waals surface area contributed by atoms with Crippen molar-refractivity contribution in [3.05, 3.63) is 59.8 Å². The molecule has 1 heterocycles. The lowest BCUT2D eigenvalue weighted by Crippen LogP contribution is -2.13. The van der Waals surface area contributed by atoms with Crippen LogP contribution in [-0.2, 0) is 10.0 Å². The van der Waals surface area contributed by atoms with Crippen LogP contribution < -0.4 is 10.5 Å². The van der Waals surface area contributed by atoms with E-state index in [1.54, 1.807) is 36.4 Å². The van der Waals surface area contributed by atoms with E-state index in [9.17, 15) is 8.42 Å². The zero-order valence-corrected chi connectivity index (χ0v) is 12.9. The van der Waals surface area contributed by atoms with Gasteiger partial charge >= 0.3 is 0 Å². The number of sulfonamides is 1. The summed E-state index contributed by atoms with van der Waals surface area (Å²) >= 11 is 5.92. The van der Waals surface area contributed by atoms with Crippen LogP contribution in [0.2, 0.25) is 5.02 Å². The van der Waals surface area contributed by atoms with E-state index in [2.05, 4.69) is 9.71 Å². The van der Waals surface area contributed by atoms with Crippen molar-refractivity contribution in [1.82, 2.24) is 4.98 Å². The summed E-state index contributed by atoms with van der Waals surface area (Å²) in [5, 5.41) is 1.21. The number of hydrogen-bond acceptors (Lipinski definition) is 4. The molecule has 22 heavy (non-hydrogen) atoms. The molecule has 0 radical (unpaired) electrons. The number of benzene rings is 2. The quantitative estimate of drug-likeness (QED) is 0.720. The van der Waals surface area contributed by atoms with Gasteiger partial charge in [-0.25, -0.2) is 8.42 Å². The highest BCUT2D eigenvalue weighted by atomic mass is 35.5. The van der Waals surface area contributed by atoms with E-state index in [4.69, 9.17) is 17.3 Å². The van der Waals surface area contributed by atoms with Crippen molar-refractivity contribution in [3.63, 3.8) is 0 Å². The van der Waals surface area contributed by atoms with Gasteiger partial charge in [-0.15, -0.1) is 0 Å². The molecule has 0 atom stereocenters. The lowest BCUT2D eigenvalue weighted by molar-refractivity contribution is 0.601. The number of anilines is 2. The first-order chi connectivity index (χ1) is 10.5. The van der Waals surface area contributed by atoms with Gasteiger partial charge in [-0.2, -0.15) is 0 Å². The van der Waals surface area contributed by atoms with Gasteiger partial charge in [0.25, 0.3) is 10.0 Å². The number of rotatable bonds is 3. The minimum Gasteiger partial charge on any atom is -0.399 e. The fourth-order valence-corrected chi connectivity index (χ4v) is 3.31. The summed E-state index contributed by atoms with van der Waals surface area (Å²) in [5.41, 5.74) is 7.14. The van der Waals surface area contributed by atoms with Crippen LogP contribution in [0.1, 0.15) is 0 Å². The summed E-state index contributed by atoms with van der Waals surface area (Å²) in [6.07, 6.45) is 1.53. The van der Waals surface area contributed by atoms with Crippen molar-refractivity contribution in [1.29, 1.82) is 0 Å². The zero-order chi connectivity index (χ0) is 15.7. The van der Waals surface area contributed by atoms with Gasteiger partial charge in [-0.3, -0.25) is 9.71 Å². The van der Waals surface area contributed by atoms with Gasteiger partial charge in [0.05, 0.1) is 16.1 Å². The van der Waals surface area contributed by atoms with Gasteiger partial charge in [-0.1, -0.05) is 11.6 Å². The third-order valence-electron chi connectivity index (χ3n) is 3.14. The van der Waals surface area contributed by atoms with Gasteiger partial charge in [-0.05, 0) is 48.5 Å². The maximum atomic E-state index is 12.4. The van der Waals surface area contributed by atoms with E-state index in [0.717, 1.165) is 0 Å². The molecule has 5 nitrogen and oxygen atoms in total. The number of hydrogen-bond donors (Lipinski definition) is 2. The zero-order valence-electron chi connectivity index (χ0n) is 11.3. The van der Waals surface area contributed by atoms with E-state index in [-0.39, 0.29) is 4.90 Å². The van der Waals surface area contributed by atoms with Crippen molar-refractivity contribution < 1.29 is 8.42 Å². The molecule has 2 aromatic carbocycles. The van der Waals surface area contributed by atoms with Crippen LogP contribution in [0.3, 0.4) is 0 Å². The number of nitrogens with one attached hydrogen (secondary N) is 1. The van der Waals surface area contributed by atoms with Crippen LogP contribution in [0.5, 0.6) is 0 Å². The second-order valence-corrected chi connectivity index (χ2v) is 6.81. The molecule has 0 aliphatic carbocycles. The molecule has 0 aliphatic rings. The number of nitrogen functional groups attached to an aromatic ring is 1. The Bertz CT molecular complexity index is 941. The Morgan fingerprint density at radius 2 is 1.77 bits per heavy atom. The third-order valence-corrected chi connectivity index (χ3v) is 4.76. The van der Waals surface area contributed by atoms with Crippen LogP contribution in [0.4, 0.5) is 11.4 Å². The lowest BCUT2D eigenvalue weighted by atomic mass is 10.2. The molecule has 112 valence electrons. The van der Waals surface area contributed by atoms with Gasteiger partial charge in [0.1, 0.15) is 0 Å². The smallest absolute Gasteiger partial charge is 0.261 e. The Hall–Kier alpha value is -2.31. The summed E-state index contributed by atoms with van der Waals surface area (Å²) in [4.78, 5) is 4.32. The molecular weight excluding hydrogens is 322 g/mol. The van der Waals surface area contributed by atoms with E-state index in [0.29, 0.717) is 27.3 Å². The standard InChI is InChI=1S/C15H12ClN3O2S/c16-10-1-6-13-14(7-8-18-15(13)9-10)19-22(20,21)12-4-2-11(17)3-5-12/h1-9H,17H2,(H,18,19). The molecule has 3 N–H and O–H groups in total. The number of nitrogens with two attached hydrogens (primary N) is 1. The second kappa shape index (κ2) is 5.47. The van der Waals surface area contributed by atoms with E-state index < -0.39 is 10.0 Å². The van der Waals surface area contributed by atoms with Gasteiger partial charge in [0.2, 0.25) is 0 Å². The topological polar surface area (TPSA) is 85.1 Å². The molecule has 0 aliphatic heterocycles. The van der Waals surface area contributed by atoms with Crippen LogP contribution in [0, 0.1) is 0 Å². The predicted octanol–water partition coefficient (Wildman–Crippen LogP) is 3.27. The Morgan fingerprint density at radius 1 is 1.05 bits per heavy atom. The Balaban J connectivity index is 2.04. The fraction of sp³-hybridized carbons (Fsp3) is 0. The van der Waals surface area contributed by atoms with Gasteiger partial charge in [0, 0.05) is 22.3 Å². The summed E-state index contributed by atoms with van der Waals surface area (Å²) in [6.45, 7) is 0. The molecule has 0 bridgehead atoms. The first-order valence-electron chi connectivity index (χ1n) is 6.38. The summed E-state index contributed by atoms with van der Waals surface area (Å²) in [7, 11) is -3.70. The molecule has 0 unspecified atom stereocenters. The number of fused-ring (bicyclic) bond motifs is 1. The minimum absolute atomic E-state index is 0.139. The maximum Gasteiger partial charge on any atom is 0.261 e. The summed E-state index contributed by atoms with van der Waals surface area (Å²) in [5.74, 6) is 0. The molecule has 0 spiro atoms. The minimum atomic E-state index is -3.70. The van der Waals surface area contributed by atoms with Crippen molar-refractivity contribution in [2.24, 2.45) is 0 Å². The van der Waals surface area contributed by atoms with E-state index in [1.165, 1.54) is 18.3 Å². The SMILES string of the molecule is Nc1ccc(S(=O)(=O)Nc2ccnc3cc(Cl)ccc23)cc1. The average molecular weight is 334 g/mol. The molecule has 0 saturated heterocycles. The second-order valence-electron chi connectivity index (χ2n) is 4.69. The van der Waals surface area contributed by atoms with Crippen molar-refractivity contribution in [3.8, 4) is 0 Å². The van der Waals surface area contributed by atoms with Crippen LogP contribution in [-0.4, -0.2) is 13.4 Å². The van der Waals surface area contributed by atoms with Gasteiger partial charge < -0.3 is 5.73 Å². The fourth-order valence-electron chi connectivity index (χ4n) is 2.06. The monoisotopic (exact) mass is 333 g/mol. The van der Waals surface area contributed by atoms with Crippen LogP contribution in [0.15, 0.2) is 59.6 Å². The molecule has 3 rings (SSSR count). The Morgan fingerprint density at radius 3 is 2.50 bits per heavy atom. The van der Waals surface area contributed by atoms with Crippen molar-refractivity contribution in [2.75, 3.05) is 10.5 Å². The number of aromatic nitrogens is 1. The highest BCUT2D eigenvalue weighted by molar-refractivity contribution is 7.92. The summed E-state index contributed by atoms with van der Waals surface area (Å²) in [6, 6.07) is 12.7. The van der Waals surface area contributed by atoms with E-state index >= 15 is 0 Å². The first-order valence-corrected chi connectivity index (χ1v) is 8.24. The molecular formula is C15H12ClN3O2S. The van der Waals surface area contributed by atoms with E-state index in [1.807, 2.05) is 0 Å². The lowest BCUT2D eigenvalue weighted by Gasteiger charge is -2.10. The predicted molar refractivity (Wildman–Crippen MR) is 88.4 cm³/mol. The number of pyridine rings is 1. The molecule has 1 aromatic heterocycles. The molecule has 7 heteroatoms. The number of nitrogens with zero attached hydrogens (tertiary/aromatic N) is 1. The molecule has 3 aromatic rings. The highest BCUT2D eigenvalue weighted by Crippen LogP contribution is 2.26. The third kappa shape index (κ3) is 2.84. The Labute approximate surface area is 132 Å². The van der Waals surface area contributed by atoms with Gasteiger partial charge in [0.15, 0.2) is 0 Å².